The molecular formula is C22H16N2O4. The molecule has 138 valence electrons. The summed E-state index contributed by atoms with van der Waals surface area (Å²) in [6.07, 6.45) is 3.11. The molecule has 0 radical (unpaired) electrons. The van der Waals surface area contributed by atoms with Gasteiger partial charge < -0.3 is 10.2 Å². The van der Waals surface area contributed by atoms with Gasteiger partial charge in [-0.25, -0.2) is 0 Å². The van der Waals surface area contributed by atoms with Gasteiger partial charge in [-0.1, -0.05) is 48.5 Å². The highest BCUT2D eigenvalue weighted by atomic mass is 16.3. The highest BCUT2D eigenvalue weighted by Gasteiger charge is 2.47. The Morgan fingerprint density at radius 1 is 0.929 bits per heavy atom. The van der Waals surface area contributed by atoms with Crippen LogP contribution < -0.4 is 4.90 Å². The number of aromatic hydroxyl groups is 1. The summed E-state index contributed by atoms with van der Waals surface area (Å²) in [5, 5.41) is 21.2. The number of pyridine rings is 1. The van der Waals surface area contributed by atoms with Crippen LogP contribution in [0.3, 0.4) is 0 Å². The number of hydrogen-bond acceptors (Lipinski definition) is 5. The summed E-state index contributed by atoms with van der Waals surface area (Å²) in [6.45, 7) is 0. The fraction of sp³-hybridized carbons (Fsp3) is 0.0455. The number of carbonyl (C=O) groups excluding carboxylic acids is 2. The number of ketones is 1. The first-order valence-electron chi connectivity index (χ1n) is 8.64. The minimum atomic E-state index is -0.915. The van der Waals surface area contributed by atoms with E-state index in [1.165, 1.54) is 17.2 Å². The van der Waals surface area contributed by atoms with Crippen molar-refractivity contribution in [2.75, 3.05) is 4.90 Å². The van der Waals surface area contributed by atoms with E-state index in [4.69, 9.17) is 0 Å². The van der Waals surface area contributed by atoms with Crippen LogP contribution in [0.5, 0.6) is 5.75 Å². The Morgan fingerprint density at radius 2 is 1.64 bits per heavy atom. The van der Waals surface area contributed by atoms with E-state index < -0.39 is 17.7 Å². The molecule has 1 amide bonds. The van der Waals surface area contributed by atoms with Gasteiger partial charge in [0.05, 0.1) is 17.3 Å². The maximum Gasteiger partial charge on any atom is 0.300 e. The van der Waals surface area contributed by atoms with Crippen molar-refractivity contribution in [2.45, 2.75) is 6.04 Å². The molecule has 1 atom stereocenters. The molecule has 28 heavy (non-hydrogen) atoms. The van der Waals surface area contributed by atoms with Gasteiger partial charge in [-0.2, -0.15) is 0 Å². The zero-order chi connectivity index (χ0) is 19.7. The lowest BCUT2D eigenvalue weighted by molar-refractivity contribution is -0.132. The van der Waals surface area contributed by atoms with Crippen LogP contribution in [0, 0.1) is 0 Å². The summed E-state index contributed by atoms with van der Waals surface area (Å²) in [6, 6.07) is 17.3. The second kappa shape index (κ2) is 7.00. The van der Waals surface area contributed by atoms with E-state index in [2.05, 4.69) is 4.98 Å². The summed E-state index contributed by atoms with van der Waals surface area (Å²) in [4.78, 5) is 31.1. The Bertz CT molecular complexity index is 1080. The second-order valence-corrected chi connectivity index (χ2v) is 6.31. The molecule has 2 aromatic carbocycles. The van der Waals surface area contributed by atoms with Crippen LogP contribution >= 0.6 is 0 Å². The van der Waals surface area contributed by atoms with Gasteiger partial charge in [-0.05, 0) is 23.8 Å². The molecule has 1 unspecified atom stereocenters. The Hall–Kier alpha value is -3.93. The number of Topliss-reactive ketones (excluding diaryl/α,β-unsaturated/α-hetero) is 1. The third-order valence-electron chi connectivity index (χ3n) is 4.63. The molecule has 0 spiro atoms. The first-order chi connectivity index (χ1) is 13.6. The summed E-state index contributed by atoms with van der Waals surface area (Å²) in [5.41, 5.74) is 1.10. The summed E-state index contributed by atoms with van der Waals surface area (Å²) < 4.78 is 0. The average Bonchev–Trinajstić information content (AvgIpc) is 3.00. The summed E-state index contributed by atoms with van der Waals surface area (Å²) >= 11 is 0. The molecule has 1 aliphatic heterocycles. The predicted molar refractivity (Wildman–Crippen MR) is 104 cm³/mol. The number of carbonyl (C=O) groups is 2. The third kappa shape index (κ3) is 2.81. The van der Waals surface area contributed by atoms with Crippen LogP contribution in [-0.2, 0) is 9.59 Å². The third-order valence-corrected chi connectivity index (χ3v) is 4.63. The molecule has 0 aliphatic carbocycles. The van der Waals surface area contributed by atoms with Gasteiger partial charge in [-0.3, -0.25) is 19.5 Å². The van der Waals surface area contributed by atoms with Gasteiger partial charge in [0.25, 0.3) is 11.7 Å². The number of phenols is 1. The van der Waals surface area contributed by atoms with E-state index in [9.17, 15) is 19.8 Å². The van der Waals surface area contributed by atoms with E-state index in [1.54, 1.807) is 66.9 Å². The molecule has 0 saturated carbocycles. The fourth-order valence-corrected chi connectivity index (χ4v) is 3.35. The summed E-state index contributed by atoms with van der Waals surface area (Å²) in [5.74, 6) is -2.06. The van der Waals surface area contributed by atoms with Crippen LogP contribution in [0.4, 0.5) is 5.69 Å². The fourth-order valence-electron chi connectivity index (χ4n) is 3.35. The number of para-hydroxylation sites is 2. The highest BCUT2D eigenvalue weighted by molar-refractivity contribution is 6.51. The first-order valence-corrected chi connectivity index (χ1v) is 8.64. The Labute approximate surface area is 161 Å². The lowest BCUT2D eigenvalue weighted by Gasteiger charge is -2.25. The topological polar surface area (TPSA) is 90.7 Å². The van der Waals surface area contributed by atoms with Crippen LogP contribution in [0.25, 0.3) is 5.76 Å². The van der Waals surface area contributed by atoms with Crippen LogP contribution in [0.15, 0.2) is 84.7 Å². The quantitative estimate of drug-likeness (QED) is 0.418. The zero-order valence-electron chi connectivity index (χ0n) is 14.7. The molecule has 1 aliphatic rings. The van der Waals surface area contributed by atoms with E-state index in [0.717, 1.165) is 0 Å². The number of rotatable bonds is 3. The maximum atomic E-state index is 12.9. The lowest BCUT2D eigenvalue weighted by Crippen LogP contribution is -2.29. The standard InChI is InChI=1S/C22H16N2O4/c25-17-11-5-4-10-16(17)24-19(15-9-6-12-23-13-15)18(21(27)22(24)28)20(26)14-7-2-1-3-8-14/h1-13,19,25-26H/b20-18+. The number of aliphatic hydroxyl groups is 1. The molecule has 1 saturated heterocycles. The van der Waals surface area contributed by atoms with Crippen molar-refractivity contribution >= 4 is 23.1 Å². The van der Waals surface area contributed by atoms with Crippen molar-refractivity contribution < 1.29 is 19.8 Å². The van der Waals surface area contributed by atoms with E-state index in [1.807, 2.05) is 0 Å². The van der Waals surface area contributed by atoms with E-state index in [0.29, 0.717) is 11.1 Å². The Kier molecular flexibility index (Phi) is 4.37. The number of benzene rings is 2. The molecule has 6 heteroatoms. The minimum Gasteiger partial charge on any atom is -0.507 e. The van der Waals surface area contributed by atoms with Crippen molar-refractivity contribution in [3.8, 4) is 5.75 Å². The molecule has 1 fully saturated rings. The van der Waals surface area contributed by atoms with Gasteiger partial charge in [0, 0.05) is 18.0 Å². The molecule has 2 heterocycles. The number of aromatic nitrogens is 1. The maximum absolute atomic E-state index is 12.9. The van der Waals surface area contributed by atoms with Crippen molar-refractivity contribution in [2.24, 2.45) is 0 Å². The SMILES string of the molecule is O=C1C(=O)N(c2ccccc2O)C(c2cccnc2)/C1=C(\O)c1ccccc1. The molecular weight excluding hydrogens is 356 g/mol. The van der Waals surface area contributed by atoms with Gasteiger partial charge in [0.2, 0.25) is 0 Å². The minimum absolute atomic E-state index is 0.0487. The van der Waals surface area contributed by atoms with Crippen LogP contribution in [0.1, 0.15) is 17.2 Å². The van der Waals surface area contributed by atoms with Crippen molar-refractivity contribution in [3.63, 3.8) is 0 Å². The molecule has 0 bridgehead atoms. The smallest absolute Gasteiger partial charge is 0.300 e. The molecule has 2 N–H and O–H groups in total. The van der Waals surface area contributed by atoms with Gasteiger partial charge in [0.1, 0.15) is 11.5 Å². The number of aliphatic hydroxyl groups excluding tert-OH is 1. The van der Waals surface area contributed by atoms with Gasteiger partial charge in [-0.15, -0.1) is 0 Å². The van der Waals surface area contributed by atoms with Crippen molar-refractivity contribution in [1.29, 1.82) is 0 Å². The molecule has 6 nitrogen and oxygen atoms in total. The number of amides is 1. The monoisotopic (exact) mass is 372 g/mol. The number of hydrogen-bond donors (Lipinski definition) is 2. The summed E-state index contributed by atoms with van der Waals surface area (Å²) in [7, 11) is 0. The molecule has 4 rings (SSSR count). The van der Waals surface area contributed by atoms with E-state index >= 15 is 0 Å². The van der Waals surface area contributed by atoms with E-state index in [-0.39, 0.29) is 22.8 Å². The second-order valence-electron chi connectivity index (χ2n) is 6.31. The Morgan fingerprint density at radius 3 is 2.32 bits per heavy atom. The number of nitrogens with zero attached hydrogens (tertiary/aromatic N) is 2. The van der Waals surface area contributed by atoms with Crippen LogP contribution in [-0.4, -0.2) is 26.9 Å². The Balaban J connectivity index is 1.97. The van der Waals surface area contributed by atoms with Crippen LogP contribution in [0.2, 0.25) is 0 Å². The largest absolute Gasteiger partial charge is 0.507 e. The molecule has 1 aromatic heterocycles. The normalized spacial score (nSPS) is 18.4. The van der Waals surface area contributed by atoms with Crippen molar-refractivity contribution in [3.05, 3.63) is 95.8 Å². The zero-order valence-corrected chi connectivity index (χ0v) is 14.7. The average molecular weight is 372 g/mol. The number of phenolic OH excluding ortho intramolecular Hbond substituents is 1. The number of anilines is 1. The van der Waals surface area contributed by atoms with Crippen molar-refractivity contribution in [1.82, 2.24) is 4.98 Å². The highest BCUT2D eigenvalue weighted by Crippen LogP contribution is 2.44. The van der Waals surface area contributed by atoms with Gasteiger partial charge in [0.15, 0.2) is 0 Å². The predicted octanol–water partition coefficient (Wildman–Crippen LogP) is 3.41. The lowest BCUT2D eigenvalue weighted by atomic mass is 9.96. The molecule has 3 aromatic rings. The first kappa shape index (κ1) is 17.5. The van der Waals surface area contributed by atoms with Gasteiger partial charge >= 0.3 is 0 Å².